The summed E-state index contributed by atoms with van der Waals surface area (Å²) in [5, 5.41) is 13.3. The first-order chi connectivity index (χ1) is 16.7. The summed E-state index contributed by atoms with van der Waals surface area (Å²) in [5.41, 5.74) is 1.63. The number of nitrogens with zero attached hydrogens (tertiary/aromatic N) is 1. The van der Waals surface area contributed by atoms with E-state index in [4.69, 9.17) is 0 Å². The van der Waals surface area contributed by atoms with E-state index in [0.717, 1.165) is 45.8 Å². The lowest BCUT2D eigenvalue weighted by Gasteiger charge is -2.32. The lowest BCUT2D eigenvalue weighted by atomic mass is 9.97. The van der Waals surface area contributed by atoms with E-state index in [2.05, 4.69) is 16.0 Å². The van der Waals surface area contributed by atoms with Crippen LogP contribution in [-0.2, 0) is 0 Å². The third-order valence-electron chi connectivity index (χ3n) is 6.52. The standard InChI is InChI=1S/C28H28N4O2/c33-27(30-25-13-5-9-21-7-1-3-11-23(21)25)29-19-20-15-17-32(18-16-20)28(34)31-26-14-6-10-22-8-2-4-12-24(22)26/h1-14,20H,15-19H2,(H,31,34)(H2,29,30,33). The van der Waals surface area contributed by atoms with E-state index in [1.165, 1.54) is 0 Å². The number of fused-ring (bicyclic) bond motifs is 2. The van der Waals surface area contributed by atoms with E-state index in [1.54, 1.807) is 0 Å². The van der Waals surface area contributed by atoms with Gasteiger partial charge in [-0.3, -0.25) is 0 Å². The van der Waals surface area contributed by atoms with Crippen molar-refractivity contribution in [3.8, 4) is 0 Å². The lowest BCUT2D eigenvalue weighted by Crippen LogP contribution is -2.43. The second-order valence-corrected chi connectivity index (χ2v) is 8.75. The van der Waals surface area contributed by atoms with Crippen LogP contribution in [0.4, 0.5) is 21.0 Å². The van der Waals surface area contributed by atoms with Crippen LogP contribution in [0.3, 0.4) is 0 Å². The quantitative estimate of drug-likeness (QED) is 0.352. The Balaban J connectivity index is 1.11. The average Bonchev–Trinajstić information content (AvgIpc) is 2.88. The largest absolute Gasteiger partial charge is 0.338 e. The van der Waals surface area contributed by atoms with E-state index in [-0.39, 0.29) is 12.1 Å². The van der Waals surface area contributed by atoms with Crippen molar-refractivity contribution < 1.29 is 9.59 Å². The highest BCUT2D eigenvalue weighted by Gasteiger charge is 2.23. The molecule has 5 rings (SSSR count). The predicted octanol–water partition coefficient (Wildman–Crippen LogP) is 6.06. The molecule has 0 spiro atoms. The molecular formula is C28H28N4O2. The molecule has 0 aliphatic carbocycles. The van der Waals surface area contributed by atoms with Gasteiger partial charge in [-0.15, -0.1) is 0 Å². The molecule has 3 N–H and O–H groups in total. The fourth-order valence-corrected chi connectivity index (χ4v) is 4.61. The molecule has 0 radical (unpaired) electrons. The molecular weight excluding hydrogens is 424 g/mol. The third-order valence-corrected chi connectivity index (χ3v) is 6.52. The highest BCUT2D eigenvalue weighted by atomic mass is 16.2. The maximum Gasteiger partial charge on any atom is 0.321 e. The second-order valence-electron chi connectivity index (χ2n) is 8.75. The number of benzene rings is 4. The summed E-state index contributed by atoms with van der Waals surface area (Å²) in [6.45, 7) is 1.94. The van der Waals surface area contributed by atoms with Crippen LogP contribution in [0, 0.1) is 5.92 Å². The minimum absolute atomic E-state index is 0.0727. The number of likely N-dealkylation sites (tertiary alicyclic amines) is 1. The summed E-state index contributed by atoms with van der Waals surface area (Å²) < 4.78 is 0. The normalized spacial score (nSPS) is 14.2. The van der Waals surface area contributed by atoms with Gasteiger partial charge in [-0.05, 0) is 41.7 Å². The molecule has 6 heteroatoms. The number of piperidine rings is 1. The zero-order valence-electron chi connectivity index (χ0n) is 19.0. The maximum absolute atomic E-state index is 12.8. The summed E-state index contributed by atoms with van der Waals surface area (Å²) >= 11 is 0. The molecule has 1 aliphatic rings. The number of hydrogen-bond donors (Lipinski definition) is 3. The van der Waals surface area contributed by atoms with Crippen LogP contribution < -0.4 is 16.0 Å². The number of rotatable bonds is 4. The fourth-order valence-electron chi connectivity index (χ4n) is 4.61. The molecule has 34 heavy (non-hydrogen) atoms. The van der Waals surface area contributed by atoms with Crippen molar-refractivity contribution >= 4 is 45.0 Å². The van der Waals surface area contributed by atoms with Crippen LogP contribution in [0.5, 0.6) is 0 Å². The van der Waals surface area contributed by atoms with Crippen molar-refractivity contribution in [2.45, 2.75) is 12.8 Å². The third kappa shape index (κ3) is 4.81. The van der Waals surface area contributed by atoms with Gasteiger partial charge < -0.3 is 20.9 Å². The smallest absolute Gasteiger partial charge is 0.321 e. The highest BCUT2D eigenvalue weighted by Crippen LogP contribution is 2.25. The summed E-state index contributed by atoms with van der Waals surface area (Å²) in [6.07, 6.45) is 1.72. The van der Waals surface area contributed by atoms with Crippen LogP contribution in [0.1, 0.15) is 12.8 Å². The molecule has 0 unspecified atom stereocenters. The number of carbonyl (C=O) groups is 2. The number of anilines is 2. The zero-order chi connectivity index (χ0) is 23.3. The van der Waals surface area contributed by atoms with Crippen molar-refractivity contribution in [2.75, 3.05) is 30.3 Å². The molecule has 172 valence electrons. The molecule has 6 nitrogen and oxygen atoms in total. The topological polar surface area (TPSA) is 73.5 Å². The van der Waals surface area contributed by atoms with E-state index in [1.807, 2.05) is 89.8 Å². The number of nitrogens with one attached hydrogen (secondary N) is 3. The Kier molecular flexibility index (Phi) is 6.29. The monoisotopic (exact) mass is 452 g/mol. The van der Waals surface area contributed by atoms with Crippen molar-refractivity contribution in [3.63, 3.8) is 0 Å². The van der Waals surface area contributed by atoms with Gasteiger partial charge in [0, 0.05) is 30.4 Å². The molecule has 1 heterocycles. The Hall–Kier alpha value is -4.06. The molecule has 1 aliphatic heterocycles. The van der Waals surface area contributed by atoms with E-state index in [9.17, 15) is 9.59 Å². The van der Waals surface area contributed by atoms with Crippen LogP contribution in [0.15, 0.2) is 84.9 Å². The summed E-state index contributed by atoms with van der Waals surface area (Å²) in [4.78, 5) is 27.2. The summed E-state index contributed by atoms with van der Waals surface area (Å²) in [6, 6.07) is 27.6. The van der Waals surface area contributed by atoms with Gasteiger partial charge in [0.25, 0.3) is 0 Å². The molecule has 4 aromatic rings. The Morgan fingerprint density at radius 1 is 0.706 bits per heavy atom. The van der Waals surface area contributed by atoms with E-state index >= 15 is 0 Å². The summed E-state index contributed by atoms with van der Waals surface area (Å²) in [5.74, 6) is 0.347. The molecule has 4 aromatic carbocycles. The molecule has 4 amide bonds. The maximum atomic E-state index is 12.8. The highest BCUT2D eigenvalue weighted by molar-refractivity contribution is 6.02. The minimum atomic E-state index is -0.201. The minimum Gasteiger partial charge on any atom is -0.338 e. The Bertz CT molecular complexity index is 1320. The van der Waals surface area contributed by atoms with Gasteiger partial charge in [0.1, 0.15) is 0 Å². The average molecular weight is 453 g/mol. The molecule has 0 atom stereocenters. The summed E-state index contributed by atoms with van der Waals surface area (Å²) in [7, 11) is 0. The van der Waals surface area contributed by atoms with Gasteiger partial charge in [0.2, 0.25) is 0 Å². The van der Waals surface area contributed by atoms with Gasteiger partial charge in [-0.25, -0.2) is 9.59 Å². The lowest BCUT2D eigenvalue weighted by molar-refractivity contribution is 0.181. The van der Waals surface area contributed by atoms with Crippen molar-refractivity contribution in [1.29, 1.82) is 0 Å². The Morgan fingerprint density at radius 3 is 1.85 bits per heavy atom. The van der Waals surface area contributed by atoms with E-state index < -0.39 is 0 Å². The molecule has 0 aromatic heterocycles. The second kappa shape index (κ2) is 9.83. The van der Waals surface area contributed by atoms with Crippen LogP contribution in [0.25, 0.3) is 21.5 Å². The SMILES string of the molecule is O=C(NCC1CCN(C(=O)Nc2cccc3ccccc23)CC1)Nc1cccc2ccccc12. The first-order valence-electron chi connectivity index (χ1n) is 11.7. The molecule has 1 saturated heterocycles. The molecule has 0 saturated carbocycles. The van der Waals surface area contributed by atoms with Crippen LogP contribution >= 0.6 is 0 Å². The number of amides is 4. The van der Waals surface area contributed by atoms with Crippen LogP contribution in [-0.4, -0.2) is 36.6 Å². The Morgan fingerprint density at radius 2 is 1.24 bits per heavy atom. The fraction of sp³-hybridized carbons (Fsp3) is 0.214. The number of urea groups is 2. The molecule has 1 fully saturated rings. The van der Waals surface area contributed by atoms with E-state index in [0.29, 0.717) is 25.6 Å². The Labute approximate surface area is 198 Å². The first kappa shape index (κ1) is 21.8. The van der Waals surface area contributed by atoms with Gasteiger partial charge in [0.15, 0.2) is 0 Å². The van der Waals surface area contributed by atoms with Crippen molar-refractivity contribution in [2.24, 2.45) is 5.92 Å². The van der Waals surface area contributed by atoms with Crippen molar-refractivity contribution in [3.05, 3.63) is 84.9 Å². The first-order valence-corrected chi connectivity index (χ1v) is 11.7. The number of hydrogen-bond acceptors (Lipinski definition) is 2. The van der Waals surface area contributed by atoms with Crippen molar-refractivity contribution in [1.82, 2.24) is 10.2 Å². The van der Waals surface area contributed by atoms with Gasteiger partial charge >= 0.3 is 12.1 Å². The van der Waals surface area contributed by atoms with Gasteiger partial charge in [-0.1, -0.05) is 72.8 Å². The van der Waals surface area contributed by atoms with Crippen LogP contribution in [0.2, 0.25) is 0 Å². The van der Waals surface area contributed by atoms with Gasteiger partial charge in [0.05, 0.1) is 11.4 Å². The van der Waals surface area contributed by atoms with Gasteiger partial charge in [-0.2, -0.15) is 0 Å². The number of carbonyl (C=O) groups excluding carboxylic acids is 2. The molecule has 0 bridgehead atoms. The zero-order valence-corrected chi connectivity index (χ0v) is 19.0. The predicted molar refractivity (Wildman–Crippen MR) is 138 cm³/mol.